The Hall–Kier alpha value is -1.81. The van der Waals surface area contributed by atoms with Crippen LogP contribution in [-0.2, 0) is 12.6 Å². The number of rotatable bonds is 3. The second-order valence-corrected chi connectivity index (χ2v) is 4.33. The average Bonchev–Trinajstić information content (AvgIpc) is 2.39. The maximum Gasteiger partial charge on any atom is 0.416 e. The van der Waals surface area contributed by atoms with Crippen molar-refractivity contribution in [1.29, 1.82) is 0 Å². The number of hydrogen-bond donors (Lipinski definition) is 1. The van der Waals surface area contributed by atoms with Gasteiger partial charge in [-0.25, -0.2) is 0 Å². The zero-order valence-electron chi connectivity index (χ0n) is 10.1. The molecule has 1 nitrogen and oxygen atoms in total. The van der Waals surface area contributed by atoms with Gasteiger partial charge in [0.2, 0.25) is 0 Å². The van der Waals surface area contributed by atoms with Gasteiger partial charge in [-0.2, -0.15) is 13.2 Å². The molecule has 0 saturated heterocycles. The molecule has 2 rings (SSSR count). The van der Waals surface area contributed by atoms with Gasteiger partial charge in [0.25, 0.3) is 0 Å². The predicted octanol–water partition coefficient (Wildman–Crippen LogP) is 3.98. The van der Waals surface area contributed by atoms with E-state index < -0.39 is 17.8 Å². The molecule has 0 radical (unpaired) electrons. The van der Waals surface area contributed by atoms with Gasteiger partial charge in [0.15, 0.2) is 0 Å². The number of alkyl halides is 3. The minimum absolute atomic E-state index is 0.161. The van der Waals surface area contributed by atoms with E-state index in [0.717, 1.165) is 12.1 Å². The normalized spacial score (nSPS) is 13.3. The van der Waals surface area contributed by atoms with Crippen LogP contribution >= 0.6 is 0 Å². The highest BCUT2D eigenvalue weighted by molar-refractivity contribution is 5.28. The number of aliphatic hydroxyl groups is 1. The Morgan fingerprint density at radius 3 is 2.26 bits per heavy atom. The molecule has 2 aromatic rings. The van der Waals surface area contributed by atoms with Gasteiger partial charge in [0.05, 0.1) is 11.7 Å². The van der Waals surface area contributed by atoms with Gasteiger partial charge in [-0.1, -0.05) is 48.5 Å². The number of halogens is 3. The first-order valence-electron chi connectivity index (χ1n) is 5.86. The average molecular weight is 266 g/mol. The summed E-state index contributed by atoms with van der Waals surface area (Å²) in [4.78, 5) is 0. The third-order valence-corrected chi connectivity index (χ3v) is 2.87. The van der Waals surface area contributed by atoms with Gasteiger partial charge in [-0.3, -0.25) is 0 Å². The highest BCUT2D eigenvalue weighted by Crippen LogP contribution is 2.30. The highest BCUT2D eigenvalue weighted by Gasteiger charge is 2.30. The van der Waals surface area contributed by atoms with E-state index in [9.17, 15) is 18.3 Å². The molecule has 0 aliphatic rings. The monoisotopic (exact) mass is 266 g/mol. The van der Waals surface area contributed by atoms with Crippen LogP contribution in [0.2, 0.25) is 0 Å². The zero-order valence-corrected chi connectivity index (χ0v) is 10.1. The van der Waals surface area contributed by atoms with Crippen molar-refractivity contribution in [2.45, 2.75) is 18.7 Å². The van der Waals surface area contributed by atoms with E-state index in [2.05, 4.69) is 0 Å². The maximum atomic E-state index is 12.6. The summed E-state index contributed by atoms with van der Waals surface area (Å²) in [5.41, 5.74) is 0.469. The summed E-state index contributed by atoms with van der Waals surface area (Å²) >= 11 is 0. The van der Waals surface area contributed by atoms with Crippen LogP contribution in [0.1, 0.15) is 22.8 Å². The van der Waals surface area contributed by atoms with Crippen molar-refractivity contribution in [1.82, 2.24) is 0 Å². The Bertz CT molecular complexity index is 535. The van der Waals surface area contributed by atoms with Gasteiger partial charge >= 0.3 is 6.18 Å². The molecule has 0 aliphatic heterocycles. The van der Waals surface area contributed by atoms with Crippen LogP contribution in [0.5, 0.6) is 0 Å². The molecule has 100 valence electrons. The van der Waals surface area contributed by atoms with Crippen LogP contribution in [0, 0.1) is 0 Å². The number of hydrogen-bond acceptors (Lipinski definition) is 1. The molecule has 1 atom stereocenters. The molecule has 0 saturated carbocycles. The largest absolute Gasteiger partial charge is 0.416 e. The Balaban J connectivity index is 2.16. The van der Waals surface area contributed by atoms with Crippen LogP contribution in [0.4, 0.5) is 13.2 Å². The number of aliphatic hydroxyl groups excluding tert-OH is 1. The lowest BCUT2D eigenvalue weighted by molar-refractivity contribution is -0.137. The first kappa shape index (κ1) is 13.6. The fraction of sp³-hybridized carbons (Fsp3) is 0.200. The first-order valence-corrected chi connectivity index (χ1v) is 5.86. The van der Waals surface area contributed by atoms with E-state index in [1.165, 1.54) is 6.07 Å². The fourth-order valence-electron chi connectivity index (χ4n) is 1.89. The Morgan fingerprint density at radius 1 is 0.947 bits per heavy atom. The van der Waals surface area contributed by atoms with Crippen molar-refractivity contribution in [2.24, 2.45) is 0 Å². The lowest BCUT2D eigenvalue weighted by atomic mass is 10.00. The van der Waals surface area contributed by atoms with Crippen molar-refractivity contribution in [3.63, 3.8) is 0 Å². The second-order valence-electron chi connectivity index (χ2n) is 4.33. The van der Waals surface area contributed by atoms with Crippen LogP contribution in [0.15, 0.2) is 54.6 Å². The van der Waals surface area contributed by atoms with Gasteiger partial charge < -0.3 is 5.11 Å². The number of benzene rings is 2. The SMILES string of the molecule is OC(Cc1cccc(C(F)(F)F)c1)c1ccccc1. The lowest BCUT2D eigenvalue weighted by Gasteiger charge is -2.13. The summed E-state index contributed by atoms with van der Waals surface area (Å²) < 4.78 is 37.7. The van der Waals surface area contributed by atoms with Crippen molar-refractivity contribution in [3.8, 4) is 0 Å². The molecular weight excluding hydrogens is 253 g/mol. The predicted molar refractivity (Wildman–Crippen MR) is 66.5 cm³/mol. The molecule has 0 bridgehead atoms. The molecule has 0 heterocycles. The molecule has 4 heteroatoms. The van der Waals surface area contributed by atoms with Gasteiger partial charge in [-0.05, 0) is 17.2 Å². The third kappa shape index (κ3) is 3.58. The minimum atomic E-state index is -4.35. The smallest absolute Gasteiger partial charge is 0.388 e. The van der Waals surface area contributed by atoms with Crippen molar-refractivity contribution >= 4 is 0 Å². The van der Waals surface area contributed by atoms with Crippen LogP contribution in [0.25, 0.3) is 0 Å². The molecule has 1 N–H and O–H groups in total. The third-order valence-electron chi connectivity index (χ3n) is 2.87. The van der Waals surface area contributed by atoms with Crippen LogP contribution < -0.4 is 0 Å². The summed E-state index contributed by atoms with van der Waals surface area (Å²) in [7, 11) is 0. The van der Waals surface area contributed by atoms with Gasteiger partial charge in [-0.15, -0.1) is 0 Å². The molecule has 19 heavy (non-hydrogen) atoms. The first-order chi connectivity index (χ1) is 8.97. The second kappa shape index (κ2) is 5.45. The summed E-state index contributed by atoms with van der Waals surface area (Å²) in [5.74, 6) is 0. The molecule has 2 aromatic carbocycles. The fourth-order valence-corrected chi connectivity index (χ4v) is 1.89. The van der Waals surface area contributed by atoms with E-state index in [1.54, 1.807) is 30.3 Å². The van der Waals surface area contributed by atoms with E-state index in [1.807, 2.05) is 6.07 Å². The Labute approximate surface area is 109 Å². The van der Waals surface area contributed by atoms with Gasteiger partial charge in [0, 0.05) is 6.42 Å². The maximum absolute atomic E-state index is 12.6. The highest BCUT2D eigenvalue weighted by atomic mass is 19.4. The van der Waals surface area contributed by atoms with Gasteiger partial charge in [0.1, 0.15) is 0 Å². The van der Waals surface area contributed by atoms with Crippen molar-refractivity contribution < 1.29 is 18.3 Å². The zero-order chi connectivity index (χ0) is 13.9. The summed E-state index contributed by atoms with van der Waals surface area (Å²) in [5, 5.41) is 9.99. The molecular formula is C15H13F3O. The van der Waals surface area contributed by atoms with E-state index in [-0.39, 0.29) is 6.42 Å². The summed E-state index contributed by atoms with van der Waals surface area (Å²) in [6, 6.07) is 13.9. The lowest BCUT2D eigenvalue weighted by Crippen LogP contribution is -2.07. The molecule has 0 aromatic heterocycles. The van der Waals surface area contributed by atoms with E-state index >= 15 is 0 Å². The summed E-state index contributed by atoms with van der Waals surface area (Å²) in [6.45, 7) is 0. The minimum Gasteiger partial charge on any atom is -0.388 e. The Kier molecular flexibility index (Phi) is 3.90. The van der Waals surface area contributed by atoms with Crippen LogP contribution in [-0.4, -0.2) is 5.11 Å². The van der Waals surface area contributed by atoms with E-state index in [4.69, 9.17) is 0 Å². The standard InChI is InChI=1S/C15H13F3O/c16-15(17,18)13-8-4-5-11(9-13)10-14(19)12-6-2-1-3-7-12/h1-9,14,19H,10H2. The molecule has 0 amide bonds. The molecule has 0 fully saturated rings. The van der Waals surface area contributed by atoms with Crippen molar-refractivity contribution in [3.05, 3.63) is 71.3 Å². The van der Waals surface area contributed by atoms with Crippen molar-refractivity contribution in [2.75, 3.05) is 0 Å². The molecule has 0 aliphatic carbocycles. The molecule has 1 unspecified atom stereocenters. The van der Waals surface area contributed by atoms with E-state index in [0.29, 0.717) is 11.1 Å². The Morgan fingerprint density at radius 2 is 1.63 bits per heavy atom. The quantitative estimate of drug-likeness (QED) is 0.890. The van der Waals surface area contributed by atoms with Crippen LogP contribution in [0.3, 0.4) is 0 Å². The summed E-state index contributed by atoms with van der Waals surface area (Å²) in [6.07, 6.45) is -4.99. The molecule has 0 spiro atoms. The topological polar surface area (TPSA) is 20.2 Å².